The van der Waals surface area contributed by atoms with E-state index in [1.807, 2.05) is 18.0 Å². The highest BCUT2D eigenvalue weighted by atomic mass is 16.3. The number of aliphatic hydroxyl groups excluding tert-OH is 1. The van der Waals surface area contributed by atoms with E-state index in [9.17, 15) is 0 Å². The van der Waals surface area contributed by atoms with E-state index in [4.69, 9.17) is 10.8 Å². The first kappa shape index (κ1) is 10.8. The Balaban J connectivity index is 2.60. The van der Waals surface area contributed by atoms with Crippen LogP contribution in [0.5, 0.6) is 0 Å². The van der Waals surface area contributed by atoms with Gasteiger partial charge in [-0.1, -0.05) is 0 Å². The summed E-state index contributed by atoms with van der Waals surface area (Å²) in [4.78, 5) is 5.94. The van der Waals surface area contributed by atoms with E-state index in [-0.39, 0.29) is 6.10 Å². The number of hydrogen-bond donors (Lipinski definition) is 2. The van der Waals surface area contributed by atoms with Crippen LogP contribution in [0.2, 0.25) is 0 Å². The van der Waals surface area contributed by atoms with E-state index < -0.39 is 0 Å². The molecule has 0 bridgehead atoms. The summed E-state index contributed by atoms with van der Waals surface area (Å²) < 4.78 is 0. The standard InChI is InChI=1S/C10H17N3O/c1-8(14)4-6-13(2)10-3-5-12-7-9(10)11/h3,5,7-8,14H,4,6,11H2,1-2H3. The normalized spacial score (nSPS) is 12.5. The Morgan fingerprint density at radius 1 is 1.64 bits per heavy atom. The van der Waals surface area contributed by atoms with E-state index >= 15 is 0 Å². The van der Waals surface area contributed by atoms with E-state index in [2.05, 4.69) is 4.98 Å². The predicted octanol–water partition coefficient (Wildman–Crippen LogP) is 0.871. The van der Waals surface area contributed by atoms with Gasteiger partial charge in [0.2, 0.25) is 0 Å². The number of nitrogen functional groups attached to an aromatic ring is 1. The molecule has 14 heavy (non-hydrogen) atoms. The van der Waals surface area contributed by atoms with E-state index in [0.29, 0.717) is 5.69 Å². The van der Waals surface area contributed by atoms with Crippen molar-refractivity contribution in [2.75, 3.05) is 24.2 Å². The lowest BCUT2D eigenvalue weighted by molar-refractivity contribution is 0.187. The maximum Gasteiger partial charge on any atom is 0.0738 e. The maximum absolute atomic E-state index is 9.15. The van der Waals surface area contributed by atoms with Crippen LogP contribution in [-0.2, 0) is 0 Å². The van der Waals surface area contributed by atoms with Crippen LogP contribution in [0.4, 0.5) is 11.4 Å². The Morgan fingerprint density at radius 3 is 2.93 bits per heavy atom. The lowest BCUT2D eigenvalue weighted by Gasteiger charge is -2.21. The zero-order chi connectivity index (χ0) is 10.6. The van der Waals surface area contributed by atoms with Gasteiger partial charge >= 0.3 is 0 Å². The fourth-order valence-corrected chi connectivity index (χ4v) is 1.25. The molecule has 0 amide bonds. The molecule has 4 nitrogen and oxygen atoms in total. The molecule has 1 aromatic rings. The van der Waals surface area contributed by atoms with Gasteiger partial charge in [-0.2, -0.15) is 0 Å². The minimum absolute atomic E-state index is 0.277. The first-order valence-corrected chi connectivity index (χ1v) is 4.70. The number of nitrogens with two attached hydrogens (primary N) is 1. The van der Waals surface area contributed by atoms with Crippen molar-refractivity contribution in [3.8, 4) is 0 Å². The molecule has 1 heterocycles. The van der Waals surface area contributed by atoms with Crippen molar-refractivity contribution in [2.45, 2.75) is 19.4 Å². The minimum Gasteiger partial charge on any atom is -0.396 e. The third-order valence-corrected chi connectivity index (χ3v) is 2.12. The number of aromatic nitrogens is 1. The van der Waals surface area contributed by atoms with Gasteiger partial charge < -0.3 is 15.7 Å². The molecule has 1 atom stereocenters. The summed E-state index contributed by atoms with van der Waals surface area (Å²) in [7, 11) is 1.95. The van der Waals surface area contributed by atoms with Crippen LogP contribution in [-0.4, -0.2) is 29.8 Å². The molecule has 0 aliphatic carbocycles. The highest BCUT2D eigenvalue weighted by Gasteiger charge is 2.05. The van der Waals surface area contributed by atoms with Crippen LogP contribution >= 0.6 is 0 Å². The highest BCUT2D eigenvalue weighted by Crippen LogP contribution is 2.19. The highest BCUT2D eigenvalue weighted by molar-refractivity contribution is 5.65. The number of nitrogens with zero attached hydrogens (tertiary/aromatic N) is 2. The molecule has 1 unspecified atom stereocenters. The van der Waals surface area contributed by atoms with Crippen molar-refractivity contribution >= 4 is 11.4 Å². The Hall–Kier alpha value is -1.29. The van der Waals surface area contributed by atoms with Gasteiger partial charge in [0.15, 0.2) is 0 Å². The van der Waals surface area contributed by atoms with Crippen molar-refractivity contribution in [3.05, 3.63) is 18.5 Å². The van der Waals surface area contributed by atoms with Crippen LogP contribution < -0.4 is 10.6 Å². The van der Waals surface area contributed by atoms with Gasteiger partial charge in [0.25, 0.3) is 0 Å². The quantitative estimate of drug-likeness (QED) is 0.748. The van der Waals surface area contributed by atoms with Crippen LogP contribution in [0.1, 0.15) is 13.3 Å². The number of rotatable bonds is 4. The topological polar surface area (TPSA) is 62.4 Å². The molecule has 1 rings (SSSR count). The lowest BCUT2D eigenvalue weighted by Crippen LogP contribution is -2.22. The summed E-state index contributed by atoms with van der Waals surface area (Å²) in [6, 6.07) is 1.87. The van der Waals surface area contributed by atoms with Crippen molar-refractivity contribution < 1.29 is 5.11 Å². The fourth-order valence-electron chi connectivity index (χ4n) is 1.25. The number of anilines is 2. The average Bonchev–Trinajstić information content (AvgIpc) is 2.15. The Bertz CT molecular complexity index is 288. The summed E-state index contributed by atoms with van der Waals surface area (Å²) in [5, 5.41) is 9.15. The maximum atomic E-state index is 9.15. The molecule has 0 saturated heterocycles. The summed E-state index contributed by atoms with van der Waals surface area (Å²) in [6.07, 6.45) is 3.80. The van der Waals surface area contributed by atoms with Crippen LogP contribution in [0.3, 0.4) is 0 Å². The molecule has 1 aromatic heterocycles. The second-order valence-electron chi connectivity index (χ2n) is 3.49. The Morgan fingerprint density at radius 2 is 2.36 bits per heavy atom. The first-order chi connectivity index (χ1) is 6.61. The molecule has 78 valence electrons. The second kappa shape index (κ2) is 4.81. The zero-order valence-corrected chi connectivity index (χ0v) is 8.64. The third kappa shape index (κ3) is 2.88. The van der Waals surface area contributed by atoms with E-state index in [0.717, 1.165) is 18.7 Å². The summed E-state index contributed by atoms with van der Waals surface area (Å²) in [5.74, 6) is 0. The predicted molar refractivity (Wildman–Crippen MR) is 58.2 cm³/mol. The second-order valence-corrected chi connectivity index (χ2v) is 3.49. The molecule has 0 spiro atoms. The van der Waals surface area contributed by atoms with E-state index in [1.54, 1.807) is 19.3 Å². The van der Waals surface area contributed by atoms with E-state index in [1.165, 1.54) is 0 Å². The zero-order valence-electron chi connectivity index (χ0n) is 8.64. The smallest absolute Gasteiger partial charge is 0.0738 e. The Kier molecular flexibility index (Phi) is 3.71. The van der Waals surface area contributed by atoms with Crippen molar-refractivity contribution in [1.82, 2.24) is 4.98 Å². The van der Waals surface area contributed by atoms with Crippen molar-refractivity contribution in [1.29, 1.82) is 0 Å². The van der Waals surface area contributed by atoms with Gasteiger partial charge in [-0.25, -0.2) is 0 Å². The summed E-state index contributed by atoms with van der Waals surface area (Å²) >= 11 is 0. The molecular formula is C10H17N3O. The third-order valence-electron chi connectivity index (χ3n) is 2.12. The lowest BCUT2D eigenvalue weighted by atomic mass is 10.2. The summed E-state index contributed by atoms with van der Waals surface area (Å²) in [6.45, 7) is 2.57. The van der Waals surface area contributed by atoms with Gasteiger partial charge in [-0.3, -0.25) is 4.98 Å². The molecular weight excluding hydrogens is 178 g/mol. The van der Waals surface area contributed by atoms with Gasteiger partial charge in [0.1, 0.15) is 0 Å². The van der Waals surface area contributed by atoms with Gasteiger partial charge in [0, 0.05) is 19.8 Å². The minimum atomic E-state index is -0.277. The molecule has 0 fully saturated rings. The monoisotopic (exact) mass is 195 g/mol. The molecule has 0 aliphatic heterocycles. The van der Waals surface area contributed by atoms with Gasteiger partial charge in [-0.05, 0) is 19.4 Å². The summed E-state index contributed by atoms with van der Waals surface area (Å²) in [5.41, 5.74) is 7.39. The molecule has 0 aliphatic rings. The SMILES string of the molecule is CC(O)CCN(C)c1ccncc1N. The van der Waals surface area contributed by atoms with Crippen molar-refractivity contribution in [3.63, 3.8) is 0 Å². The molecule has 3 N–H and O–H groups in total. The Labute approximate surface area is 84.4 Å². The van der Waals surface area contributed by atoms with Gasteiger partial charge in [0.05, 0.1) is 23.7 Å². The molecule has 0 radical (unpaired) electrons. The number of aliphatic hydroxyl groups is 1. The molecule has 4 heteroatoms. The fraction of sp³-hybridized carbons (Fsp3) is 0.500. The van der Waals surface area contributed by atoms with Crippen LogP contribution in [0.25, 0.3) is 0 Å². The number of pyridine rings is 1. The molecule has 0 aromatic carbocycles. The number of hydrogen-bond acceptors (Lipinski definition) is 4. The molecule has 0 saturated carbocycles. The largest absolute Gasteiger partial charge is 0.396 e. The van der Waals surface area contributed by atoms with Crippen molar-refractivity contribution in [2.24, 2.45) is 0 Å². The first-order valence-electron chi connectivity index (χ1n) is 4.70. The average molecular weight is 195 g/mol. The van der Waals surface area contributed by atoms with Crippen LogP contribution in [0.15, 0.2) is 18.5 Å². The van der Waals surface area contributed by atoms with Gasteiger partial charge in [-0.15, -0.1) is 0 Å². The van der Waals surface area contributed by atoms with Crippen LogP contribution in [0, 0.1) is 0 Å².